The van der Waals surface area contributed by atoms with E-state index >= 15 is 0 Å². The molecule has 0 aliphatic carbocycles. The van der Waals surface area contributed by atoms with E-state index in [1.54, 1.807) is 0 Å². The van der Waals surface area contributed by atoms with E-state index in [4.69, 9.17) is 16.7 Å². The van der Waals surface area contributed by atoms with Gasteiger partial charge in [-0.1, -0.05) is 23.7 Å². The summed E-state index contributed by atoms with van der Waals surface area (Å²) in [6, 6.07) is 7.44. The lowest BCUT2D eigenvalue weighted by molar-refractivity contribution is -0.142. The largest absolute Gasteiger partial charge is 0.480 e. The molecule has 1 aliphatic rings. The molecule has 1 N–H and O–H groups in total. The molecule has 1 fully saturated rings. The number of halogens is 1. The normalized spacial score (nSPS) is 20.6. The molecule has 92 valence electrons. The Morgan fingerprint density at radius 2 is 2.12 bits per heavy atom. The third-order valence-electron chi connectivity index (χ3n) is 3.25. The van der Waals surface area contributed by atoms with Gasteiger partial charge in [0.25, 0.3) is 0 Å². The van der Waals surface area contributed by atoms with Crippen molar-refractivity contribution in [2.45, 2.75) is 25.3 Å². The van der Waals surface area contributed by atoms with Crippen LogP contribution in [-0.2, 0) is 11.2 Å². The van der Waals surface area contributed by atoms with Gasteiger partial charge in [0.1, 0.15) is 6.04 Å². The van der Waals surface area contributed by atoms with Gasteiger partial charge < -0.3 is 5.11 Å². The van der Waals surface area contributed by atoms with Crippen LogP contribution in [-0.4, -0.2) is 35.1 Å². The van der Waals surface area contributed by atoms with Crippen LogP contribution < -0.4 is 0 Å². The minimum Gasteiger partial charge on any atom is -0.480 e. The molecule has 17 heavy (non-hydrogen) atoms. The molecule has 0 amide bonds. The molecule has 0 bridgehead atoms. The van der Waals surface area contributed by atoms with E-state index in [0.29, 0.717) is 0 Å². The Bertz CT molecular complexity index is 391. The van der Waals surface area contributed by atoms with Gasteiger partial charge in [-0.15, -0.1) is 0 Å². The van der Waals surface area contributed by atoms with E-state index in [2.05, 4.69) is 4.90 Å². The lowest BCUT2D eigenvalue weighted by atomic mass is 10.1. The van der Waals surface area contributed by atoms with Crippen molar-refractivity contribution in [2.75, 3.05) is 13.1 Å². The van der Waals surface area contributed by atoms with Gasteiger partial charge in [0.15, 0.2) is 0 Å². The van der Waals surface area contributed by atoms with Crippen molar-refractivity contribution in [2.24, 2.45) is 0 Å². The summed E-state index contributed by atoms with van der Waals surface area (Å²) in [6.07, 6.45) is 2.63. The smallest absolute Gasteiger partial charge is 0.320 e. The zero-order chi connectivity index (χ0) is 12.3. The second-order valence-electron chi connectivity index (χ2n) is 4.41. The van der Waals surface area contributed by atoms with E-state index in [1.165, 1.54) is 5.56 Å². The van der Waals surface area contributed by atoms with E-state index in [1.807, 2.05) is 24.3 Å². The summed E-state index contributed by atoms with van der Waals surface area (Å²) in [5, 5.41) is 9.79. The maximum Gasteiger partial charge on any atom is 0.320 e. The number of benzene rings is 1. The highest BCUT2D eigenvalue weighted by molar-refractivity contribution is 6.30. The predicted molar refractivity (Wildman–Crippen MR) is 67.4 cm³/mol. The van der Waals surface area contributed by atoms with Crippen LogP contribution in [0.4, 0.5) is 0 Å². The summed E-state index contributed by atoms with van der Waals surface area (Å²) in [5.41, 5.74) is 1.20. The van der Waals surface area contributed by atoms with Crippen LogP contribution in [0.5, 0.6) is 0 Å². The van der Waals surface area contributed by atoms with E-state index < -0.39 is 5.97 Å². The van der Waals surface area contributed by atoms with Crippen molar-refractivity contribution in [3.63, 3.8) is 0 Å². The van der Waals surface area contributed by atoms with Gasteiger partial charge in [-0.3, -0.25) is 9.69 Å². The molecule has 3 nitrogen and oxygen atoms in total. The molecule has 0 spiro atoms. The summed E-state index contributed by atoms with van der Waals surface area (Å²) in [7, 11) is 0. The first-order chi connectivity index (χ1) is 8.16. The Morgan fingerprint density at radius 1 is 1.41 bits per heavy atom. The van der Waals surface area contributed by atoms with Gasteiger partial charge in [-0.25, -0.2) is 0 Å². The number of likely N-dealkylation sites (tertiary alicyclic amines) is 1. The number of hydrogen-bond acceptors (Lipinski definition) is 2. The van der Waals surface area contributed by atoms with Gasteiger partial charge in [-0.2, -0.15) is 0 Å². The van der Waals surface area contributed by atoms with Crippen molar-refractivity contribution in [1.82, 2.24) is 4.90 Å². The average Bonchev–Trinajstić information content (AvgIpc) is 2.76. The quantitative estimate of drug-likeness (QED) is 0.896. The van der Waals surface area contributed by atoms with Gasteiger partial charge in [0.05, 0.1) is 0 Å². The standard InChI is InChI=1S/C13H16ClNO2/c14-11-5-3-10(4-6-11)7-9-15-8-1-2-12(15)13(16)17/h3-6,12H,1-2,7-9H2,(H,16,17). The number of carboxylic acids is 1. The van der Waals surface area contributed by atoms with Crippen molar-refractivity contribution in [3.05, 3.63) is 34.9 Å². The molecule has 1 unspecified atom stereocenters. The molecular formula is C13H16ClNO2. The van der Waals surface area contributed by atoms with E-state index in [-0.39, 0.29) is 6.04 Å². The number of rotatable bonds is 4. The first-order valence-electron chi connectivity index (χ1n) is 5.88. The minimum absolute atomic E-state index is 0.290. The van der Waals surface area contributed by atoms with Crippen LogP contribution in [0.3, 0.4) is 0 Å². The molecule has 1 aromatic carbocycles. The number of hydrogen-bond donors (Lipinski definition) is 1. The zero-order valence-corrected chi connectivity index (χ0v) is 10.4. The van der Waals surface area contributed by atoms with Gasteiger partial charge in [-0.05, 0) is 43.5 Å². The molecule has 1 saturated heterocycles. The Kier molecular flexibility index (Phi) is 4.02. The molecule has 4 heteroatoms. The topological polar surface area (TPSA) is 40.5 Å². The highest BCUT2D eigenvalue weighted by Gasteiger charge is 2.29. The van der Waals surface area contributed by atoms with Crippen molar-refractivity contribution < 1.29 is 9.90 Å². The Hall–Kier alpha value is -1.06. The first kappa shape index (κ1) is 12.4. The molecule has 0 radical (unpaired) electrons. The molecule has 0 aromatic heterocycles. The Labute approximate surface area is 106 Å². The van der Waals surface area contributed by atoms with E-state index in [9.17, 15) is 4.79 Å². The molecule has 1 heterocycles. The maximum absolute atomic E-state index is 11.0. The number of carbonyl (C=O) groups is 1. The lowest BCUT2D eigenvalue weighted by Crippen LogP contribution is -2.37. The summed E-state index contributed by atoms with van der Waals surface area (Å²) in [5.74, 6) is -0.696. The highest BCUT2D eigenvalue weighted by Crippen LogP contribution is 2.18. The molecule has 2 rings (SSSR count). The van der Waals surface area contributed by atoms with Crippen LogP contribution >= 0.6 is 11.6 Å². The second kappa shape index (κ2) is 5.52. The van der Waals surface area contributed by atoms with Gasteiger partial charge in [0, 0.05) is 11.6 Å². The predicted octanol–water partition coefficient (Wildman–Crippen LogP) is 2.43. The van der Waals surface area contributed by atoms with Crippen LogP contribution in [0.15, 0.2) is 24.3 Å². The fourth-order valence-electron chi connectivity index (χ4n) is 2.30. The number of aliphatic carboxylic acids is 1. The monoisotopic (exact) mass is 253 g/mol. The summed E-state index contributed by atoms with van der Waals surface area (Å²) in [6.45, 7) is 1.70. The zero-order valence-electron chi connectivity index (χ0n) is 9.60. The molecule has 0 saturated carbocycles. The number of nitrogens with zero attached hydrogens (tertiary/aromatic N) is 1. The third-order valence-corrected chi connectivity index (χ3v) is 3.50. The maximum atomic E-state index is 11.0. The molecular weight excluding hydrogens is 238 g/mol. The first-order valence-corrected chi connectivity index (χ1v) is 6.26. The van der Waals surface area contributed by atoms with Crippen LogP contribution in [0.2, 0.25) is 5.02 Å². The second-order valence-corrected chi connectivity index (χ2v) is 4.85. The van der Waals surface area contributed by atoms with Gasteiger partial charge >= 0.3 is 5.97 Å². The third kappa shape index (κ3) is 3.20. The van der Waals surface area contributed by atoms with Gasteiger partial charge in [0.2, 0.25) is 0 Å². The van der Waals surface area contributed by atoms with Crippen molar-refractivity contribution in [3.8, 4) is 0 Å². The minimum atomic E-state index is -0.696. The Balaban J connectivity index is 1.89. The summed E-state index contributed by atoms with van der Waals surface area (Å²) < 4.78 is 0. The highest BCUT2D eigenvalue weighted by atomic mass is 35.5. The SMILES string of the molecule is O=C(O)C1CCCN1CCc1ccc(Cl)cc1. The molecule has 1 aliphatic heterocycles. The van der Waals surface area contributed by atoms with Crippen LogP contribution in [0, 0.1) is 0 Å². The number of carboxylic acid groups (broad SMARTS) is 1. The molecule has 1 aromatic rings. The molecule has 1 atom stereocenters. The van der Waals surface area contributed by atoms with E-state index in [0.717, 1.165) is 37.4 Å². The Morgan fingerprint density at radius 3 is 2.76 bits per heavy atom. The van der Waals surface area contributed by atoms with Crippen molar-refractivity contribution in [1.29, 1.82) is 0 Å². The van der Waals surface area contributed by atoms with Crippen molar-refractivity contribution >= 4 is 17.6 Å². The average molecular weight is 254 g/mol. The fraction of sp³-hybridized carbons (Fsp3) is 0.462. The van der Waals surface area contributed by atoms with Crippen LogP contribution in [0.25, 0.3) is 0 Å². The summed E-state index contributed by atoms with van der Waals surface area (Å²) in [4.78, 5) is 13.1. The lowest BCUT2D eigenvalue weighted by Gasteiger charge is -2.20. The summed E-state index contributed by atoms with van der Waals surface area (Å²) >= 11 is 5.82. The fourth-order valence-corrected chi connectivity index (χ4v) is 2.42. The van der Waals surface area contributed by atoms with Crippen LogP contribution in [0.1, 0.15) is 18.4 Å².